The van der Waals surface area contributed by atoms with E-state index in [1.165, 1.54) is 0 Å². The zero-order chi connectivity index (χ0) is 23.9. The number of pyridine rings is 2. The lowest BCUT2D eigenvalue weighted by molar-refractivity contribution is 0.0524. The molecule has 0 spiro atoms. The van der Waals surface area contributed by atoms with Crippen LogP contribution in [0.25, 0.3) is 27.4 Å². The number of nitrogens with zero attached hydrogens (tertiary/aromatic N) is 2. The molecule has 0 saturated heterocycles. The molecule has 2 aromatic heterocycles. The molecule has 6 nitrogen and oxygen atoms in total. The third-order valence-electron chi connectivity index (χ3n) is 5.95. The second-order valence-corrected chi connectivity index (χ2v) is 9.21. The molecule has 0 atom stereocenters. The third kappa shape index (κ3) is 3.74. The lowest BCUT2D eigenvalue weighted by Gasteiger charge is -2.25. The van der Waals surface area contributed by atoms with Gasteiger partial charge in [0.1, 0.15) is 11.1 Å². The molecule has 0 radical (unpaired) electrons. The first-order chi connectivity index (χ1) is 17.1. The van der Waals surface area contributed by atoms with Crippen molar-refractivity contribution in [3.63, 3.8) is 0 Å². The van der Waals surface area contributed by atoms with Gasteiger partial charge in [-0.15, -0.1) is 11.8 Å². The summed E-state index contributed by atoms with van der Waals surface area (Å²) in [5, 5.41) is 2.49. The summed E-state index contributed by atoms with van der Waals surface area (Å²) in [6, 6.07) is 21.5. The number of ether oxygens (including phenoxy) is 2. The first kappa shape index (κ1) is 21.4. The highest BCUT2D eigenvalue weighted by Gasteiger charge is 2.26. The van der Waals surface area contributed by atoms with Crippen molar-refractivity contribution < 1.29 is 14.3 Å². The number of benzene rings is 3. The van der Waals surface area contributed by atoms with Gasteiger partial charge in [0.15, 0.2) is 11.5 Å². The first-order valence-corrected chi connectivity index (χ1v) is 12.2. The summed E-state index contributed by atoms with van der Waals surface area (Å²) in [6.45, 7) is 1.91. The molecule has 0 bridgehead atoms. The van der Waals surface area contributed by atoms with E-state index in [4.69, 9.17) is 9.47 Å². The summed E-state index contributed by atoms with van der Waals surface area (Å²) in [6.07, 6.45) is 3.33. The largest absolute Gasteiger partial charge is 0.462 e. The Morgan fingerprint density at radius 3 is 2.60 bits per heavy atom. The SMILES string of the molecule is CCOC(=O)c1cn2c3c(cc(SCc4ccccn4)cc3c1=O)Oc1cc3ccccc3cc1-2. The van der Waals surface area contributed by atoms with Crippen LogP contribution in [0, 0.1) is 0 Å². The molecule has 7 heteroatoms. The summed E-state index contributed by atoms with van der Waals surface area (Å²) in [5.41, 5.74) is 1.96. The number of aromatic nitrogens is 2. The van der Waals surface area contributed by atoms with E-state index < -0.39 is 5.97 Å². The minimum absolute atomic E-state index is 0.00168. The number of hydrogen-bond donors (Lipinski definition) is 0. The normalized spacial score (nSPS) is 11.8. The van der Waals surface area contributed by atoms with Crippen LogP contribution in [0.4, 0.5) is 0 Å². The molecule has 3 heterocycles. The standard InChI is InChI=1S/C28H20N2O4S/c1-2-33-28(32)22-15-30-23-11-17-7-3-4-8-18(17)12-24(23)34-25-14-20(13-21(26(25)30)27(22)31)35-16-19-9-5-6-10-29-19/h3-15H,2,16H2,1H3. The van der Waals surface area contributed by atoms with Gasteiger partial charge >= 0.3 is 5.97 Å². The third-order valence-corrected chi connectivity index (χ3v) is 6.96. The molecule has 3 aromatic carbocycles. The highest BCUT2D eigenvalue weighted by Crippen LogP contribution is 2.43. The fourth-order valence-corrected chi connectivity index (χ4v) is 5.22. The van der Waals surface area contributed by atoms with Crippen molar-refractivity contribution in [2.45, 2.75) is 17.6 Å². The van der Waals surface area contributed by atoms with Crippen molar-refractivity contribution in [3.8, 4) is 17.2 Å². The van der Waals surface area contributed by atoms with Gasteiger partial charge in [0, 0.05) is 23.0 Å². The predicted octanol–water partition coefficient (Wildman–Crippen LogP) is 6.11. The van der Waals surface area contributed by atoms with Crippen LogP contribution in [0.15, 0.2) is 88.8 Å². The molecular weight excluding hydrogens is 460 g/mol. The summed E-state index contributed by atoms with van der Waals surface area (Å²) in [4.78, 5) is 31.4. The van der Waals surface area contributed by atoms with Crippen LogP contribution in [0.2, 0.25) is 0 Å². The lowest BCUT2D eigenvalue weighted by atomic mass is 10.1. The fourth-order valence-electron chi connectivity index (χ4n) is 4.34. The monoisotopic (exact) mass is 480 g/mol. The van der Waals surface area contributed by atoms with Gasteiger partial charge < -0.3 is 14.0 Å². The van der Waals surface area contributed by atoms with E-state index in [9.17, 15) is 9.59 Å². The molecular formula is C28H20N2O4S. The molecule has 0 fully saturated rings. The van der Waals surface area contributed by atoms with Crippen LogP contribution in [0.5, 0.6) is 11.5 Å². The van der Waals surface area contributed by atoms with Crippen molar-refractivity contribution in [1.29, 1.82) is 0 Å². The summed E-state index contributed by atoms with van der Waals surface area (Å²) in [7, 11) is 0. The van der Waals surface area contributed by atoms with Gasteiger partial charge in [-0.2, -0.15) is 0 Å². The molecule has 1 aliphatic heterocycles. The van der Waals surface area contributed by atoms with Gasteiger partial charge in [-0.1, -0.05) is 30.3 Å². The Balaban J connectivity index is 1.57. The molecule has 0 saturated carbocycles. The molecule has 0 amide bonds. The van der Waals surface area contributed by atoms with Crippen molar-refractivity contribution in [2.24, 2.45) is 0 Å². The van der Waals surface area contributed by atoms with Crippen molar-refractivity contribution >= 4 is 39.4 Å². The Hall–Kier alpha value is -4.10. The molecule has 0 N–H and O–H groups in total. The van der Waals surface area contributed by atoms with E-state index in [0.717, 1.165) is 27.0 Å². The Morgan fingerprint density at radius 1 is 1.03 bits per heavy atom. The molecule has 0 unspecified atom stereocenters. The Bertz CT molecular complexity index is 1680. The maximum Gasteiger partial charge on any atom is 0.343 e. The number of thioether (sulfide) groups is 1. The minimum Gasteiger partial charge on any atom is -0.462 e. The number of hydrogen-bond acceptors (Lipinski definition) is 6. The second-order valence-electron chi connectivity index (χ2n) is 8.16. The summed E-state index contributed by atoms with van der Waals surface area (Å²) < 4.78 is 13.4. The highest BCUT2D eigenvalue weighted by atomic mass is 32.2. The summed E-state index contributed by atoms with van der Waals surface area (Å²) in [5.74, 6) is 1.23. The topological polar surface area (TPSA) is 70.4 Å². The average Bonchev–Trinajstić information content (AvgIpc) is 2.88. The molecule has 6 rings (SSSR count). The second kappa shape index (κ2) is 8.60. The highest BCUT2D eigenvalue weighted by molar-refractivity contribution is 7.98. The van der Waals surface area contributed by atoms with Crippen molar-refractivity contribution in [3.05, 3.63) is 101 Å². The van der Waals surface area contributed by atoms with E-state index in [1.807, 2.05) is 71.3 Å². The number of carbonyl (C=O) groups is 1. The number of rotatable bonds is 5. The van der Waals surface area contributed by atoms with Crippen molar-refractivity contribution in [2.75, 3.05) is 6.61 Å². The lowest BCUT2D eigenvalue weighted by Crippen LogP contribution is -2.22. The molecule has 172 valence electrons. The zero-order valence-corrected chi connectivity index (χ0v) is 19.7. The Kier molecular flexibility index (Phi) is 5.26. The van der Waals surface area contributed by atoms with E-state index in [0.29, 0.717) is 28.2 Å². The quantitative estimate of drug-likeness (QED) is 0.219. The smallest absolute Gasteiger partial charge is 0.343 e. The van der Waals surface area contributed by atoms with Gasteiger partial charge in [-0.05, 0) is 54.1 Å². The van der Waals surface area contributed by atoms with Gasteiger partial charge in [-0.25, -0.2) is 4.79 Å². The number of esters is 1. The Labute approximate surface area is 205 Å². The van der Waals surface area contributed by atoms with Crippen LogP contribution >= 0.6 is 11.8 Å². The number of carbonyl (C=O) groups excluding carboxylic acids is 1. The summed E-state index contributed by atoms with van der Waals surface area (Å²) >= 11 is 1.56. The van der Waals surface area contributed by atoms with Crippen LogP contribution < -0.4 is 10.2 Å². The van der Waals surface area contributed by atoms with Crippen LogP contribution in [0.3, 0.4) is 0 Å². The first-order valence-electron chi connectivity index (χ1n) is 11.3. The van der Waals surface area contributed by atoms with Gasteiger partial charge in [0.2, 0.25) is 5.43 Å². The van der Waals surface area contributed by atoms with Gasteiger partial charge in [-0.3, -0.25) is 9.78 Å². The van der Waals surface area contributed by atoms with Crippen molar-refractivity contribution in [1.82, 2.24) is 9.55 Å². The van der Waals surface area contributed by atoms with E-state index >= 15 is 0 Å². The van der Waals surface area contributed by atoms with Gasteiger partial charge in [0.25, 0.3) is 0 Å². The molecule has 0 aliphatic carbocycles. The predicted molar refractivity (Wildman–Crippen MR) is 137 cm³/mol. The average molecular weight is 481 g/mol. The molecule has 5 aromatic rings. The fraction of sp³-hybridized carbons (Fsp3) is 0.107. The minimum atomic E-state index is -0.634. The van der Waals surface area contributed by atoms with Crippen LogP contribution in [0.1, 0.15) is 23.0 Å². The zero-order valence-electron chi connectivity index (χ0n) is 18.9. The maximum absolute atomic E-state index is 13.4. The molecule has 35 heavy (non-hydrogen) atoms. The molecule has 1 aliphatic rings. The maximum atomic E-state index is 13.4. The van der Waals surface area contributed by atoms with E-state index in [1.54, 1.807) is 31.1 Å². The Morgan fingerprint density at radius 2 is 1.83 bits per heavy atom. The van der Waals surface area contributed by atoms with E-state index in [2.05, 4.69) is 4.98 Å². The van der Waals surface area contributed by atoms with E-state index in [-0.39, 0.29) is 17.6 Å². The number of fused-ring (bicyclic) bond motifs is 3. The van der Waals surface area contributed by atoms with Crippen LogP contribution in [-0.2, 0) is 10.5 Å². The van der Waals surface area contributed by atoms with Crippen LogP contribution in [-0.4, -0.2) is 22.1 Å². The van der Waals surface area contributed by atoms with Gasteiger partial charge in [0.05, 0.1) is 23.4 Å².